The summed E-state index contributed by atoms with van der Waals surface area (Å²) < 4.78 is 6.62. The number of halogens is 1. The van der Waals surface area contributed by atoms with Crippen molar-refractivity contribution in [3.8, 4) is 0 Å². The Morgan fingerprint density at radius 1 is 1.40 bits per heavy atom. The molecule has 0 unspecified atom stereocenters. The fourth-order valence-corrected chi connectivity index (χ4v) is 1.82. The molecular weight excluding hydrogens is 328 g/mol. The van der Waals surface area contributed by atoms with Gasteiger partial charge in [-0.15, -0.1) is 0 Å². The third-order valence-electron chi connectivity index (χ3n) is 2.38. The molecule has 20 heavy (non-hydrogen) atoms. The smallest absolute Gasteiger partial charge is 0.327 e. The van der Waals surface area contributed by atoms with Gasteiger partial charge in [0.15, 0.2) is 0 Å². The van der Waals surface area contributed by atoms with Crippen molar-refractivity contribution in [2.45, 2.75) is 6.54 Å². The Balaban J connectivity index is 2.03. The summed E-state index contributed by atoms with van der Waals surface area (Å²) in [6, 6.07) is 1.65. The van der Waals surface area contributed by atoms with Crippen LogP contribution in [0.2, 0.25) is 0 Å². The van der Waals surface area contributed by atoms with Gasteiger partial charge in [-0.3, -0.25) is 19.3 Å². The largest absolute Gasteiger partial charge is 0.468 e. The first-order chi connectivity index (χ1) is 9.58. The Hall–Kier alpha value is -2.22. The zero-order chi connectivity index (χ0) is 14.5. The number of hydrogen-bond donors (Lipinski definition) is 1. The van der Waals surface area contributed by atoms with E-state index in [4.69, 9.17) is 0 Å². The summed E-state index contributed by atoms with van der Waals surface area (Å²) >= 11 is 3.24. The quantitative estimate of drug-likeness (QED) is 0.853. The fourth-order valence-electron chi connectivity index (χ4n) is 1.45. The van der Waals surface area contributed by atoms with Crippen LogP contribution < -0.4 is 5.32 Å². The van der Waals surface area contributed by atoms with Gasteiger partial charge >= 0.3 is 5.97 Å². The van der Waals surface area contributed by atoms with Crippen LogP contribution >= 0.6 is 15.9 Å². The van der Waals surface area contributed by atoms with Gasteiger partial charge in [0, 0.05) is 23.1 Å². The molecule has 1 N–H and O–H groups in total. The Bertz CT molecular complexity index is 641. The maximum Gasteiger partial charge on any atom is 0.327 e. The van der Waals surface area contributed by atoms with Gasteiger partial charge in [-0.2, -0.15) is 5.10 Å². The number of pyridine rings is 1. The lowest BCUT2D eigenvalue weighted by molar-refractivity contribution is -0.141. The molecule has 0 aliphatic carbocycles. The molecule has 104 valence electrons. The molecule has 2 rings (SSSR count). The van der Waals surface area contributed by atoms with Crippen molar-refractivity contribution in [1.29, 1.82) is 0 Å². The lowest BCUT2D eigenvalue weighted by Gasteiger charge is -2.02. The van der Waals surface area contributed by atoms with Crippen molar-refractivity contribution >= 4 is 33.5 Å². The zero-order valence-corrected chi connectivity index (χ0v) is 12.1. The fraction of sp³-hybridized carbons (Fsp3) is 0.167. The van der Waals surface area contributed by atoms with Gasteiger partial charge in [0.25, 0.3) is 5.91 Å². The van der Waals surface area contributed by atoms with Crippen LogP contribution in [0.4, 0.5) is 5.69 Å². The number of hydrogen-bond acceptors (Lipinski definition) is 5. The van der Waals surface area contributed by atoms with Crippen LogP contribution in [0.15, 0.2) is 35.3 Å². The van der Waals surface area contributed by atoms with Crippen LogP contribution in [0.1, 0.15) is 10.4 Å². The van der Waals surface area contributed by atoms with E-state index in [1.807, 2.05) is 0 Å². The van der Waals surface area contributed by atoms with Gasteiger partial charge in [-0.25, -0.2) is 0 Å². The first-order valence-electron chi connectivity index (χ1n) is 5.59. The molecule has 0 aliphatic heterocycles. The molecule has 0 aliphatic rings. The van der Waals surface area contributed by atoms with Gasteiger partial charge < -0.3 is 10.1 Å². The van der Waals surface area contributed by atoms with Crippen molar-refractivity contribution in [2.75, 3.05) is 12.4 Å². The molecule has 0 aromatic carbocycles. The predicted octanol–water partition coefficient (Wildman–Crippen LogP) is 1.47. The van der Waals surface area contributed by atoms with E-state index in [9.17, 15) is 9.59 Å². The summed E-state index contributed by atoms with van der Waals surface area (Å²) in [6.45, 7) is -0.00912. The Morgan fingerprint density at radius 3 is 2.90 bits per heavy atom. The molecule has 2 aromatic rings. The van der Waals surface area contributed by atoms with Gasteiger partial charge in [0.1, 0.15) is 6.54 Å². The van der Waals surface area contributed by atoms with Crippen molar-refractivity contribution in [3.05, 3.63) is 40.9 Å². The van der Waals surface area contributed by atoms with E-state index in [1.54, 1.807) is 18.5 Å². The number of aromatic nitrogens is 3. The van der Waals surface area contributed by atoms with Crippen LogP contribution in [-0.4, -0.2) is 33.8 Å². The van der Waals surface area contributed by atoms with Crippen LogP contribution in [0.3, 0.4) is 0 Å². The summed E-state index contributed by atoms with van der Waals surface area (Å²) in [5.74, 6) is -0.724. The molecule has 0 atom stereocenters. The molecule has 2 aromatic heterocycles. The van der Waals surface area contributed by atoms with Gasteiger partial charge in [0.2, 0.25) is 0 Å². The van der Waals surface area contributed by atoms with Crippen LogP contribution in [0, 0.1) is 0 Å². The lowest BCUT2D eigenvalue weighted by Crippen LogP contribution is -2.13. The molecule has 0 saturated heterocycles. The highest BCUT2D eigenvalue weighted by Crippen LogP contribution is 2.12. The van der Waals surface area contributed by atoms with E-state index < -0.39 is 5.97 Å². The predicted molar refractivity (Wildman–Crippen MR) is 74.1 cm³/mol. The van der Waals surface area contributed by atoms with Crippen molar-refractivity contribution in [3.63, 3.8) is 0 Å². The molecule has 8 heteroatoms. The van der Waals surface area contributed by atoms with Crippen LogP contribution in [-0.2, 0) is 16.1 Å². The number of rotatable bonds is 4. The highest BCUT2D eigenvalue weighted by Gasteiger charge is 2.09. The van der Waals surface area contributed by atoms with Gasteiger partial charge in [-0.1, -0.05) is 0 Å². The standard InChI is InChI=1S/C12H11BrN4O3/c1-20-11(18)7-17-6-10(5-15-17)16-12(19)8-2-9(13)4-14-3-8/h2-6H,7H2,1H3,(H,16,19). The zero-order valence-electron chi connectivity index (χ0n) is 10.5. The number of nitrogens with zero attached hydrogens (tertiary/aromatic N) is 3. The molecule has 0 saturated carbocycles. The highest BCUT2D eigenvalue weighted by atomic mass is 79.9. The van der Waals surface area contributed by atoms with Gasteiger partial charge in [0.05, 0.1) is 24.6 Å². The summed E-state index contributed by atoms with van der Waals surface area (Å²) in [7, 11) is 1.30. The number of carbonyl (C=O) groups is 2. The summed E-state index contributed by atoms with van der Waals surface area (Å²) in [6.07, 6.45) is 6.04. The van der Waals surface area contributed by atoms with Crippen LogP contribution in [0.5, 0.6) is 0 Å². The van der Waals surface area contributed by atoms with E-state index in [-0.39, 0.29) is 12.5 Å². The maximum absolute atomic E-state index is 12.0. The topological polar surface area (TPSA) is 86.1 Å². The summed E-state index contributed by atoms with van der Waals surface area (Å²) in [5.41, 5.74) is 0.902. The van der Waals surface area contributed by atoms with E-state index in [1.165, 1.54) is 24.2 Å². The number of amides is 1. The number of esters is 1. The Kier molecular flexibility index (Phi) is 4.46. The molecule has 0 bridgehead atoms. The second-order valence-corrected chi connectivity index (χ2v) is 4.76. The molecular formula is C12H11BrN4O3. The van der Waals surface area contributed by atoms with Crippen LogP contribution in [0.25, 0.3) is 0 Å². The van der Waals surface area contributed by atoms with E-state index in [0.717, 1.165) is 0 Å². The summed E-state index contributed by atoms with van der Waals surface area (Å²) in [4.78, 5) is 27.0. The minimum atomic E-state index is -0.415. The molecule has 7 nitrogen and oxygen atoms in total. The van der Waals surface area contributed by atoms with Crippen molar-refractivity contribution in [2.24, 2.45) is 0 Å². The average Bonchev–Trinajstić information content (AvgIpc) is 2.85. The number of carbonyl (C=O) groups excluding carboxylic acids is 2. The number of ether oxygens (including phenoxy) is 1. The Labute approximate surface area is 123 Å². The molecule has 0 spiro atoms. The number of methoxy groups -OCH3 is 1. The SMILES string of the molecule is COC(=O)Cn1cc(NC(=O)c2cncc(Br)c2)cn1. The van der Waals surface area contributed by atoms with E-state index >= 15 is 0 Å². The third-order valence-corrected chi connectivity index (χ3v) is 2.81. The number of anilines is 1. The first kappa shape index (κ1) is 14.2. The average molecular weight is 339 g/mol. The minimum Gasteiger partial charge on any atom is -0.468 e. The molecule has 0 fully saturated rings. The second kappa shape index (κ2) is 6.29. The number of nitrogens with one attached hydrogen (secondary N) is 1. The maximum atomic E-state index is 12.0. The van der Waals surface area contributed by atoms with Crippen molar-refractivity contribution < 1.29 is 14.3 Å². The van der Waals surface area contributed by atoms with E-state index in [0.29, 0.717) is 15.7 Å². The molecule has 1 amide bonds. The third kappa shape index (κ3) is 3.64. The van der Waals surface area contributed by atoms with Gasteiger partial charge in [-0.05, 0) is 22.0 Å². The minimum absolute atomic E-state index is 0.00912. The molecule has 2 heterocycles. The highest BCUT2D eigenvalue weighted by molar-refractivity contribution is 9.10. The lowest BCUT2D eigenvalue weighted by atomic mass is 10.2. The van der Waals surface area contributed by atoms with E-state index in [2.05, 4.69) is 36.1 Å². The molecule has 0 radical (unpaired) electrons. The first-order valence-corrected chi connectivity index (χ1v) is 6.39. The second-order valence-electron chi connectivity index (χ2n) is 3.85. The Morgan fingerprint density at radius 2 is 2.20 bits per heavy atom. The summed E-state index contributed by atoms with van der Waals surface area (Å²) in [5, 5.41) is 6.61. The monoisotopic (exact) mass is 338 g/mol. The normalized spacial score (nSPS) is 10.1. The van der Waals surface area contributed by atoms with Crippen molar-refractivity contribution in [1.82, 2.24) is 14.8 Å².